The molecule has 1 rings (SSSR count). The Morgan fingerprint density at radius 3 is 2.25 bits per heavy atom. The summed E-state index contributed by atoms with van der Waals surface area (Å²) in [6.45, 7) is 11.9. The van der Waals surface area contributed by atoms with Crippen LogP contribution in [0.1, 0.15) is 26.3 Å². The van der Waals surface area contributed by atoms with Crippen LogP contribution in [0.2, 0.25) is 19.6 Å². The zero-order chi connectivity index (χ0) is 15.6. The maximum absolute atomic E-state index is 13.8. The first-order chi connectivity index (χ1) is 9.00. The van der Waals surface area contributed by atoms with Crippen molar-refractivity contribution < 1.29 is 13.9 Å². The van der Waals surface area contributed by atoms with E-state index in [2.05, 4.69) is 0 Å². The van der Waals surface area contributed by atoms with Crippen molar-refractivity contribution in [3.05, 3.63) is 35.6 Å². The molecular formula is C15H24FNO2Si. The molecule has 0 radical (unpaired) electrons. The SMILES string of the molecule is CC(C)(C)OC(=O)N(Cc1ccccc1F)[Si](C)(C)C. The van der Waals surface area contributed by atoms with E-state index in [0.717, 1.165) is 0 Å². The lowest BCUT2D eigenvalue weighted by molar-refractivity contribution is 0.0364. The number of halogens is 1. The Labute approximate surface area is 121 Å². The Kier molecular flexibility index (Phi) is 4.97. The standard InChI is InChI=1S/C15H24FNO2Si/c1-15(2,3)19-14(18)17(20(4,5)6)11-12-9-7-8-10-13(12)16/h7-10H,11H2,1-6H3. The predicted octanol–water partition coefficient (Wildman–Crippen LogP) is 4.40. The van der Waals surface area contributed by atoms with E-state index in [1.54, 1.807) is 22.8 Å². The van der Waals surface area contributed by atoms with E-state index in [9.17, 15) is 9.18 Å². The average Bonchev–Trinajstić information content (AvgIpc) is 2.23. The van der Waals surface area contributed by atoms with Gasteiger partial charge >= 0.3 is 6.09 Å². The summed E-state index contributed by atoms with van der Waals surface area (Å²) in [5.41, 5.74) is -0.0368. The minimum atomic E-state index is -1.96. The number of carbonyl (C=O) groups is 1. The minimum absolute atomic E-state index is 0.247. The van der Waals surface area contributed by atoms with Gasteiger partial charge in [0.1, 0.15) is 11.4 Å². The van der Waals surface area contributed by atoms with Crippen LogP contribution in [0.3, 0.4) is 0 Å². The largest absolute Gasteiger partial charge is 0.444 e. The Balaban J connectivity index is 2.98. The van der Waals surface area contributed by atoms with Crippen molar-refractivity contribution in [2.45, 2.75) is 52.6 Å². The second kappa shape index (κ2) is 5.95. The summed E-state index contributed by atoms with van der Waals surface area (Å²) in [7, 11) is -1.96. The van der Waals surface area contributed by atoms with Gasteiger partial charge in [-0.05, 0) is 26.8 Å². The van der Waals surface area contributed by atoms with E-state index in [1.807, 2.05) is 40.4 Å². The molecule has 0 aromatic heterocycles. The number of nitrogens with zero attached hydrogens (tertiary/aromatic N) is 1. The summed E-state index contributed by atoms with van der Waals surface area (Å²) in [6.07, 6.45) is -0.375. The van der Waals surface area contributed by atoms with Crippen LogP contribution in [0.5, 0.6) is 0 Å². The number of carbonyl (C=O) groups excluding carboxylic acids is 1. The van der Waals surface area contributed by atoms with Crippen molar-refractivity contribution in [2.24, 2.45) is 0 Å². The topological polar surface area (TPSA) is 29.5 Å². The summed E-state index contributed by atoms with van der Waals surface area (Å²) >= 11 is 0. The van der Waals surface area contributed by atoms with Gasteiger partial charge in [-0.3, -0.25) is 0 Å². The molecule has 20 heavy (non-hydrogen) atoms. The molecular weight excluding hydrogens is 273 g/mol. The average molecular weight is 297 g/mol. The lowest BCUT2D eigenvalue weighted by atomic mass is 10.2. The molecule has 0 spiro atoms. The van der Waals surface area contributed by atoms with Gasteiger partial charge in [0.25, 0.3) is 0 Å². The van der Waals surface area contributed by atoms with Gasteiger partial charge in [-0.2, -0.15) is 0 Å². The molecule has 0 aliphatic heterocycles. The number of benzene rings is 1. The minimum Gasteiger partial charge on any atom is -0.444 e. The maximum atomic E-state index is 13.8. The Morgan fingerprint density at radius 1 is 1.25 bits per heavy atom. The number of amides is 1. The van der Waals surface area contributed by atoms with Gasteiger partial charge in [-0.1, -0.05) is 37.8 Å². The van der Waals surface area contributed by atoms with Gasteiger partial charge in [-0.25, -0.2) is 9.18 Å². The summed E-state index contributed by atoms with van der Waals surface area (Å²) in [4.78, 5) is 12.3. The van der Waals surface area contributed by atoms with Crippen molar-refractivity contribution in [3.8, 4) is 0 Å². The van der Waals surface area contributed by atoms with Crippen LogP contribution in [-0.4, -0.2) is 24.5 Å². The van der Waals surface area contributed by atoms with Crippen molar-refractivity contribution in [1.82, 2.24) is 4.57 Å². The van der Waals surface area contributed by atoms with E-state index >= 15 is 0 Å². The molecule has 0 N–H and O–H groups in total. The summed E-state index contributed by atoms with van der Waals surface area (Å²) < 4.78 is 20.9. The summed E-state index contributed by atoms with van der Waals surface area (Å²) in [5, 5.41) is 0. The van der Waals surface area contributed by atoms with Crippen LogP contribution in [0.25, 0.3) is 0 Å². The molecule has 112 valence electrons. The number of rotatable bonds is 3. The van der Waals surface area contributed by atoms with Crippen molar-refractivity contribution >= 4 is 14.3 Å². The van der Waals surface area contributed by atoms with Crippen molar-refractivity contribution in [2.75, 3.05) is 0 Å². The fraction of sp³-hybridized carbons (Fsp3) is 0.533. The normalized spacial score (nSPS) is 12.2. The van der Waals surface area contributed by atoms with Gasteiger partial charge in [0.15, 0.2) is 8.24 Å². The van der Waals surface area contributed by atoms with Crippen LogP contribution in [-0.2, 0) is 11.3 Å². The maximum Gasteiger partial charge on any atom is 0.402 e. The molecule has 0 unspecified atom stereocenters. The predicted molar refractivity (Wildman–Crippen MR) is 81.5 cm³/mol. The number of hydrogen-bond donors (Lipinski definition) is 0. The second-order valence-electron chi connectivity index (χ2n) is 6.83. The van der Waals surface area contributed by atoms with Gasteiger partial charge in [-0.15, -0.1) is 0 Å². The summed E-state index contributed by atoms with van der Waals surface area (Å²) in [6, 6.07) is 6.53. The van der Waals surface area contributed by atoms with Gasteiger partial charge in [0.05, 0.1) is 0 Å². The first-order valence-electron chi connectivity index (χ1n) is 6.75. The van der Waals surface area contributed by atoms with Crippen LogP contribution < -0.4 is 0 Å². The molecule has 1 aromatic carbocycles. The zero-order valence-electron chi connectivity index (χ0n) is 13.2. The molecule has 0 fully saturated rings. The summed E-state index contributed by atoms with van der Waals surface area (Å²) in [5.74, 6) is -0.292. The highest BCUT2D eigenvalue weighted by atomic mass is 28.3. The molecule has 0 aliphatic carbocycles. The van der Waals surface area contributed by atoms with E-state index in [-0.39, 0.29) is 18.5 Å². The van der Waals surface area contributed by atoms with Crippen molar-refractivity contribution in [3.63, 3.8) is 0 Å². The van der Waals surface area contributed by atoms with Crippen molar-refractivity contribution in [1.29, 1.82) is 0 Å². The Morgan fingerprint density at radius 2 is 1.80 bits per heavy atom. The van der Waals surface area contributed by atoms with E-state index in [1.165, 1.54) is 6.07 Å². The molecule has 0 saturated heterocycles. The first-order valence-corrected chi connectivity index (χ1v) is 10.2. The van der Waals surface area contributed by atoms with Crippen LogP contribution in [0.15, 0.2) is 24.3 Å². The fourth-order valence-electron chi connectivity index (χ4n) is 1.69. The third kappa shape index (κ3) is 4.96. The molecule has 0 saturated carbocycles. The zero-order valence-corrected chi connectivity index (χ0v) is 14.2. The highest BCUT2D eigenvalue weighted by Gasteiger charge is 2.32. The Bertz CT molecular complexity index is 477. The molecule has 0 heterocycles. The third-order valence-corrected chi connectivity index (χ3v) is 4.67. The van der Waals surface area contributed by atoms with E-state index < -0.39 is 13.8 Å². The van der Waals surface area contributed by atoms with E-state index in [0.29, 0.717) is 5.56 Å². The first kappa shape index (κ1) is 16.7. The number of hydrogen-bond acceptors (Lipinski definition) is 2. The van der Waals surface area contributed by atoms with Crippen LogP contribution in [0, 0.1) is 5.82 Å². The lowest BCUT2D eigenvalue weighted by Gasteiger charge is -2.35. The fourth-order valence-corrected chi connectivity index (χ4v) is 2.93. The molecule has 0 atom stereocenters. The van der Waals surface area contributed by atoms with Gasteiger partial charge < -0.3 is 9.30 Å². The van der Waals surface area contributed by atoms with E-state index in [4.69, 9.17) is 4.74 Å². The van der Waals surface area contributed by atoms with Crippen LogP contribution in [0.4, 0.5) is 9.18 Å². The molecule has 1 amide bonds. The second-order valence-corrected chi connectivity index (χ2v) is 11.7. The molecule has 0 aliphatic rings. The molecule has 0 bridgehead atoms. The highest BCUT2D eigenvalue weighted by Crippen LogP contribution is 2.20. The van der Waals surface area contributed by atoms with Crippen LogP contribution >= 0.6 is 0 Å². The lowest BCUT2D eigenvalue weighted by Crippen LogP contribution is -2.51. The molecule has 3 nitrogen and oxygen atoms in total. The van der Waals surface area contributed by atoms with Gasteiger partial charge in [0, 0.05) is 12.1 Å². The highest BCUT2D eigenvalue weighted by molar-refractivity contribution is 6.75. The third-order valence-electron chi connectivity index (χ3n) is 2.71. The quantitative estimate of drug-likeness (QED) is 0.774. The Hall–Kier alpha value is -1.36. The van der Waals surface area contributed by atoms with Gasteiger partial charge in [0.2, 0.25) is 0 Å². The molecule has 1 aromatic rings. The number of ether oxygens (including phenoxy) is 1. The monoisotopic (exact) mass is 297 g/mol. The smallest absolute Gasteiger partial charge is 0.402 e. The molecule has 5 heteroatoms.